The lowest BCUT2D eigenvalue weighted by Gasteiger charge is -2.53. The van der Waals surface area contributed by atoms with Gasteiger partial charge in [0.05, 0.1) is 6.33 Å². The first-order chi connectivity index (χ1) is 13.1. The number of rotatable bonds is 3. The monoisotopic (exact) mass is 375 g/mol. The zero-order valence-electron chi connectivity index (χ0n) is 15.0. The molecule has 27 heavy (non-hydrogen) atoms. The minimum absolute atomic E-state index is 0.273. The maximum absolute atomic E-state index is 10.5. The van der Waals surface area contributed by atoms with Crippen molar-refractivity contribution in [2.24, 2.45) is 5.41 Å². The maximum Gasteiger partial charge on any atom is 0.167 e. The Hall–Kier alpha value is -1.85. The molecule has 0 aromatic carbocycles. The lowest BCUT2D eigenvalue weighted by Crippen LogP contribution is -2.63. The molecule has 0 bridgehead atoms. The lowest BCUT2D eigenvalue weighted by molar-refractivity contribution is -0.0814. The zero-order chi connectivity index (χ0) is 18.6. The summed E-state index contributed by atoms with van der Waals surface area (Å²) in [6.07, 6.45) is 2.09. The van der Waals surface area contributed by atoms with Gasteiger partial charge < -0.3 is 26.0 Å². The van der Waals surface area contributed by atoms with E-state index in [1.165, 1.54) is 25.5 Å². The number of likely N-dealkylation sites (tertiary alicyclic amines) is 1. The number of nitrogens with one attached hydrogen (secondary N) is 1. The van der Waals surface area contributed by atoms with Crippen LogP contribution in [0.3, 0.4) is 0 Å². The van der Waals surface area contributed by atoms with Crippen molar-refractivity contribution >= 4 is 17.0 Å². The number of aromatic nitrogens is 4. The van der Waals surface area contributed by atoms with Crippen LogP contribution in [0.1, 0.15) is 19.1 Å². The SMILES string of the molecule is Nc1ncnc2c1ncn2[C@@H]1O[C@H](CN2CC3(CCCNC3)C2)[C@@H](O)[C@H]1O. The van der Waals surface area contributed by atoms with E-state index in [1.54, 1.807) is 4.57 Å². The highest BCUT2D eigenvalue weighted by atomic mass is 16.6. The summed E-state index contributed by atoms with van der Waals surface area (Å²) in [7, 11) is 0. The molecule has 0 saturated carbocycles. The highest BCUT2D eigenvalue weighted by molar-refractivity contribution is 5.81. The second kappa shape index (κ2) is 6.35. The predicted octanol–water partition coefficient (Wildman–Crippen LogP) is -1.29. The van der Waals surface area contributed by atoms with E-state index in [0.29, 0.717) is 23.1 Å². The van der Waals surface area contributed by atoms with Gasteiger partial charge in [0.1, 0.15) is 30.2 Å². The van der Waals surface area contributed by atoms with Gasteiger partial charge >= 0.3 is 0 Å². The standard InChI is InChI=1S/C17H25N7O3/c18-14-11-15(21-8-20-14)24(9-22-11)16-13(26)12(25)10(27-16)4-23-6-17(7-23)2-1-3-19-5-17/h8-10,12-13,16,19,25-26H,1-7H2,(H2,18,20,21)/t10-,12-,13-,16-/m1/s1. The van der Waals surface area contributed by atoms with Crippen LogP contribution in [0.2, 0.25) is 0 Å². The number of anilines is 1. The van der Waals surface area contributed by atoms with E-state index < -0.39 is 24.5 Å². The summed E-state index contributed by atoms with van der Waals surface area (Å²) in [4.78, 5) is 14.6. The highest BCUT2D eigenvalue weighted by Gasteiger charge is 2.49. The van der Waals surface area contributed by atoms with E-state index in [1.807, 2.05) is 0 Å². The van der Waals surface area contributed by atoms with E-state index in [2.05, 4.69) is 25.2 Å². The number of fused-ring (bicyclic) bond motifs is 1. The maximum atomic E-state index is 10.5. The smallest absolute Gasteiger partial charge is 0.167 e. The van der Waals surface area contributed by atoms with Gasteiger partial charge in [-0.2, -0.15) is 0 Å². The minimum Gasteiger partial charge on any atom is -0.387 e. The average molecular weight is 375 g/mol. The fraction of sp³-hybridized carbons (Fsp3) is 0.706. The van der Waals surface area contributed by atoms with E-state index in [9.17, 15) is 10.2 Å². The number of ether oxygens (including phenoxy) is 1. The molecule has 5 N–H and O–H groups in total. The van der Waals surface area contributed by atoms with Gasteiger partial charge in [-0.15, -0.1) is 0 Å². The van der Waals surface area contributed by atoms with Crippen molar-refractivity contribution in [1.82, 2.24) is 29.7 Å². The number of aliphatic hydroxyl groups is 2. The Morgan fingerprint density at radius 2 is 2.11 bits per heavy atom. The van der Waals surface area contributed by atoms with Crippen molar-refractivity contribution < 1.29 is 14.9 Å². The Labute approximate surface area is 156 Å². The normalized spacial score (nSPS) is 33.6. The number of aliphatic hydroxyl groups excluding tert-OH is 2. The molecule has 0 radical (unpaired) electrons. The van der Waals surface area contributed by atoms with Gasteiger partial charge in [0.2, 0.25) is 0 Å². The van der Waals surface area contributed by atoms with Crippen LogP contribution in [0.5, 0.6) is 0 Å². The summed E-state index contributed by atoms with van der Waals surface area (Å²) >= 11 is 0. The van der Waals surface area contributed by atoms with Crippen molar-refractivity contribution in [3.8, 4) is 0 Å². The molecule has 3 aliphatic heterocycles. The van der Waals surface area contributed by atoms with Crippen LogP contribution in [0.25, 0.3) is 11.2 Å². The number of nitrogen functional groups attached to an aromatic ring is 1. The van der Waals surface area contributed by atoms with Crippen LogP contribution in [0, 0.1) is 5.41 Å². The zero-order valence-corrected chi connectivity index (χ0v) is 15.0. The van der Waals surface area contributed by atoms with Gasteiger partial charge in [-0.3, -0.25) is 9.47 Å². The van der Waals surface area contributed by atoms with Crippen LogP contribution < -0.4 is 11.1 Å². The summed E-state index contributed by atoms with van der Waals surface area (Å²) in [5, 5.41) is 24.5. The quantitative estimate of drug-likeness (QED) is 0.517. The van der Waals surface area contributed by atoms with Crippen LogP contribution >= 0.6 is 0 Å². The molecule has 10 heteroatoms. The van der Waals surface area contributed by atoms with Crippen molar-refractivity contribution in [3.63, 3.8) is 0 Å². The molecule has 3 saturated heterocycles. The van der Waals surface area contributed by atoms with Gasteiger partial charge in [0.25, 0.3) is 0 Å². The fourth-order valence-electron chi connectivity index (χ4n) is 4.75. The molecule has 2 aromatic rings. The average Bonchev–Trinajstić information content (AvgIpc) is 3.19. The number of nitrogens with two attached hydrogens (primary N) is 1. The van der Waals surface area contributed by atoms with Crippen LogP contribution in [0.15, 0.2) is 12.7 Å². The van der Waals surface area contributed by atoms with E-state index >= 15 is 0 Å². The van der Waals surface area contributed by atoms with Gasteiger partial charge in [-0.1, -0.05) is 0 Å². The lowest BCUT2D eigenvalue weighted by atomic mass is 9.74. The van der Waals surface area contributed by atoms with Gasteiger partial charge in [0.15, 0.2) is 17.7 Å². The van der Waals surface area contributed by atoms with E-state index in [4.69, 9.17) is 10.5 Å². The third-order valence-corrected chi connectivity index (χ3v) is 6.12. The van der Waals surface area contributed by atoms with E-state index in [0.717, 1.165) is 26.2 Å². The topological polar surface area (TPSA) is 135 Å². The summed E-state index contributed by atoms with van der Waals surface area (Å²) in [5.41, 5.74) is 7.14. The second-order valence-electron chi connectivity index (χ2n) is 8.08. The summed E-state index contributed by atoms with van der Waals surface area (Å²) in [6, 6.07) is 0. The Bertz CT molecular complexity index is 829. The van der Waals surface area contributed by atoms with Crippen molar-refractivity contribution in [1.29, 1.82) is 0 Å². The molecule has 4 atom stereocenters. The number of piperidine rings is 1. The van der Waals surface area contributed by atoms with Crippen molar-refractivity contribution in [3.05, 3.63) is 12.7 Å². The van der Waals surface area contributed by atoms with Gasteiger partial charge in [0, 0.05) is 31.6 Å². The molecule has 5 heterocycles. The Morgan fingerprint density at radius 1 is 1.26 bits per heavy atom. The number of nitrogens with zero attached hydrogens (tertiary/aromatic N) is 5. The Kier molecular flexibility index (Phi) is 4.06. The molecule has 3 fully saturated rings. The second-order valence-corrected chi connectivity index (χ2v) is 8.08. The summed E-state index contributed by atoms with van der Waals surface area (Å²) < 4.78 is 7.64. The van der Waals surface area contributed by atoms with Crippen LogP contribution in [0.4, 0.5) is 5.82 Å². The first-order valence-electron chi connectivity index (χ1n) is 9.44. The fourth-order valence-corrected chi connectivity index (χ4v) is 4.75. The molecule has 0 unspecified atom stereocenters. The third kappa shape index (κ3) is 2.79. The number of hydrogen-bond donors (Lipinski definition) is 4. The number of hydrogen-bond acceptors (Lipinski definition) is 9. The molecule has 3 aliphatic rings. The molecule has 0 aliphatic carbocycles. The highest BCUT2D eigenvalue weighted by Crippen LogP contribution is 2.38. The number of imidazole rings is 1. The Balaban J connectivity index is 1.29. The van der Waals surface area contributed by atoms with E-state index in [-0.39, 0.29) is 5.82 Å². The van der Waals surface area contributed by atoms with Gasteiger partial charge in [-0.05, 0) is 19.4 Å². The predicted molar refractivity (Wildman–Crippen MR) is 96.6 cm³/mol. The van der Waals surface area contributed by atoms with Crippen LogP contribution in [-0.2, 0) is 4.74 Å². The van der Waals surface area contributed by atoms with Crippen LogP contribution in [-0.4, -0.2) is 85.7 Å². The first kappa shape index (κ1) is 17.3. The Morgan fingerprint density at radius 3 is 2.89 bits per heavy atom. The summed E-state index contributed by atoms with van der Waals surface area (Å²) in [5.74, 6) is 0.273. The first-order valence-corrected chi connectivity index (χ1v) is 9.44. The molecule has 2 aromatic heterocycles. The third-order valence-electron chi connectivity index (χ3n) is 6.12. The molecular weight excluding hydrogens is 350 g/mol. The molecule has 5 rings (SSSR count). The minimum atomic E-state index is -1.06. The molecule has 1 spiro atoms. The molecule has 0 amide bonds. The van der Waals surface area contributed by atoms with Gasteiger partial charge in [-0.25, -0.2) is 15.0 Å². The van der Waals surface area contributed by atoms with Crippen molar-refractivity contribution in [2.75, 3.05) is 38.5 Å². The molecule has 146 valence electrons. The largest absolute Gasteiger partial charge is 0.387 e. The van der Waals surface area contributed by atoms with Crippen molar-refractivity contribution in [2.45, 2.75) is 37.4 Å². The molecular formula is C17H25N7O3. The molecule has 10 nitrogen and oxygen atoms in total. The summed E-state index contributed by atoms with van der Waals surface area (Å²) in [6.45, 7) is 4.77.